The number of carbonyl (C=O) groups is 3. The highest BCUT2D eigenvalue weighted by molar-refractivity contribution is 8.18. The van der Waals surface area contributed by atoms with Crippen LogP contribution in [0.15, 0.2) is 65.6 Å². The van der Waals surface area contributed by atoms with Gasteiger partial charge in [-0.25, -0.2) is 4.39 Å². The molecule has 3 aromatic carbocycles. The summed E-state index contributed by atoms with van der Waals surface area (Å²) in [6.07, 6.45) is 1.55. The molecule has 1 fully saturated rings. The normalized spacial score (nSPS) is 14.3. The fraction of sp³-hybridized carbons (Fsp3) is 0.148. The first-order chi connectivity index (χ1) is 17.7. The molecular weight excluding hydrogens is 519 g/mol. The molecule has 1 N–H and O–H groups in total. The molecule has 37 heavy (non-hydrogen) atoms. The van der Waals surface area contributed by atoms with Gasteiger partial charge >= 0.3 is 0 Å². The van der Waals surface area contributed by atoms with Crippen LogP contribution in [0.3, 0.4) is 0 Å². The molecule has 3 aromatic rings. The van der Waals surface area contributed by atoms with Gasteiger partial charge in [0.05, 0.1) is 17.0 Å². The van der Waals surface area contributed by atoms with Crippen molar-refractivity contribution < 1.29 is 28.2 Å². The number of hydrogen-bond acceptors (Lipinski definition) is 6. The standard InChI is InChI=1S/C27H22ClFN2O5S/c1-16-3-5-17(6-4-16)15-36-22-10-7-18(11-23(22)35-2)12-24-26(33)31(27(34)37-24)14-25(32)30-19-8-9-21(29)20(28)13-19/h3-13H,14-15H2,1-2H3,(H,30,32)/b24-12+. The summed E-state index contributed by atoms with van der Waals surface area (Å²) in [5.41, 5.74) is 3.04. The highest BCUT2D eigenvalue weighted by atomic mass is 35.5. The van der Waals surface area contributed by atoms with Gasteiger partial charge in [0.1, 0.15) is 19.0 Å². The van der Waals surface area contributed by atoms with Gasteiger partial charge in [0.25, 0.3) is 11.1 Å². The molecule has 1 aliphatic heterocycles. The van der Waals surface area contributed by atoms with Crippen molar-refractivity contribution in [3.63, 3.8) is 0 Å². The average Bonchev–Trinajstić information content (AvgIpc) is 3.13. The molecule has 0 aromatic heterocycles. The van der Waals surface area contributed by atoms with Crippen LogP contribution in [0.25, 0.3) is 6.08 Å². The molecule has 0 atom stereocenters. The second-order valence-corrected chi connectivity index (χ2v) is 9.53. The Bertz CT molecular complexity index is 1390. The molecule has 0 unspecified atom stereocenters. The molecule has 0 bridgehead atoms. The molecule has 1 heterocycles. The predicted molar refractivity (Wildman–Crippen MR) is 141 cm³/mol. The minimum atomic E-state index is -0.627. The number of ether oxygens (including phenoxy) is 2. The van der Waals surface area contributed by atoms with Crippen molar-refractivity contribution in [2.24, 2.45) is 0 Å². The molecule has 0 saturated carbocycles. The second-order valence-electron chi connectivity index (χ2n) is 8.13. The summed E-state index contributed by atoms with van der Waals surface area (Å²) >= 11 is 6.45. The lowest BCUT2D eigenvalue weighted by molar-refractivity contribution is -0.127. The highest BCUT2D eigenvalue weighted by Gasteiger charge is 2.36. The minimum absolute atomic E-state index is 0.158. The van der Waals surface area contributed by atoms with E-state index in [-0.39, 0.29) is 15.6 Å². The van der Waals surface area contributed by atoms with Crippen molar-refractivity contribution in [3.8, 4) is 11.5 Å². The Labute approximate surface area is 222 Å². The Morgan fingerprint density at radius 1 is 1.08 bits per heavy atom. The first-order valence-electron chi connectivity index (χ1n) is 11.1. The SMILES string of the molecule is COc1cc(/C=C2/SC(=O)N(CC(=O)Nc3ccc(F)c(Cl)c3)C2=O)ccc1OCc1ccc(C)cc1. The van der Waals surface area contributed by atoms with Crippen molar-refractivity contribution in [3.05, 3.63) is 93.1 Å². The number of nitrogens with one attached hydrogen (secondary N) is 1. The Morgan fingerprint density at radius 3 is 2.54 bits per heavy atom. The van der Waals surface area contributed by atoms with Gasteiger partial charge in [0.2, 0.25) is 5.91 Å². The smallest absolute Gasteiger partial charge is 0.294 e. The zero-order chi connectivity index (χ0) is 26.5. The van der Waals surface area contributed by atoms with Crippen LogP contribution < -0.4 is 14.8 Å². The van der Waals surface area contributed by atoms with Crippen LogP contribution in [-0.4, -0.2) is 35.6 Å². The van der Waals surface area contributed by atoms with Crippen molar-refractivity contribution in [2.45, 2.75) is 13.5 Å². The molecule has 10 heteroatoms. The maximum atomic E-state index is 13.3. The number of hydrogen-bond donors (Lipinski definition) is 1. The van der Waals surface area contributed by atoms with E-state index in [1.165, 1.54) is 19.2 Å². The van der Waals surface area contributed by atoms with Gasteiger partial charge in [-0.1, -0.05) is 47.5 Å². The molecular formula is C27H22ClFN2O5S. The highest BCUT2D eigenvalue weighted by Crippen LogP contribution is 2.35. The molecule has 1 aliphatic rings. The first kappa shape index (κ1) is 26.2. The van der Waals surface area contributed by atoms with Gasteiger partial charge in [0, 0.05) is 5.69 Å². The third-order valence-electron chi connectivity index (χ3n) is 5.38. The Hall–Kier alpha value is -3.82. The molecule has 0 aliphatic carbocycles. The van der Waals surface area contributed by atoms with E-state index in [1.54, 1.807) is 24.3 Å². The summed E-state index contributed by atoms with van der Waals surface area (Å²) in [7, 11) is 1.51. The van der Waals surface area contributed by atoms with Crippen LogP contribution >= 0.6 is 23.4 Å². The van der Waals surface area contributed by atoms with Crippen LogP contribution in [-0.2, 0) is 16.2 Å². The summed E-state index contributed by atoms with van der Waals surface area (Å²) < 4.78 is 24.6. The Kier molecular flexibility index (Phi) is 8.15. The lowest BCUT2D eigenvalue weighted by atomic mass is 10.1. The lowest BCUT2D eigenvalue weighted by Crippen LogP contribution is -2.36. The Balaban J connectivity index is 1.42. The van der Waals surface area contributed by atoms with Crippen molar-refractivity contribution in [1.29, 1.82) is 0 Å². The third kappa shape index (κ3) is 6.49. The molecule has 190 valence electrons. The summed E-state index contributed by atoms with van der Waals surface area (Å²) in [6, 6.07) is 16.8. The predicted octanol–water partition coefficient (Wildman–Crippen LogP) is 6.05. The topological polar surface area (TPSA) is 84.9 Å². The van der Waals surface area contributed by atoms with Crippen molar-refractivity contribution in [2.75, 3.05) is 19.0 Å². The summed E-state index contributed by atoms with van der Waals surface area (Å²) in [6.45, 7) is 1.88. The van der Waals surface area contributed by atoms with Crippen LogP contribution in [0, 0.1) is 12.7 Å². The van der Waals surface area contributed by atoms with Crippen LogP contribution in [0.2, 0.25) is 5.02 Å². The number of amides is 3. The number of aryl methyl sites for hydroxylation is 1. The van der Waals surface area contributed by atoms with E-state index in [0.29, 0.717) is 23.7 Å². The summed E-state index contributed by atoms with van der Waals surface area (Å²) in [4.78, 5) is 38.6. The third-order valence-corrected chi connectivity index (χ3v) is 6.58. The molecule has 3 amide bonds. The second kappa shape index (κ2) is 11.5. The number of halogens is 2. The molecule has 4 rings (SSSR count). The van der Waals surface area contributed by atoms with Crippen LogP contribution in [0.5, 0.6) is 11.5 Å². The molecule has 0 radical (unpaired) electrons. The van der Waals surface area contributed by atoms with E-state index in [0.717, 1.165) is 33.9 Å². The molecule has 7 nitrogen and oxygen atoms in total. The Morgan fingerprint density at radius 2 is 1.84 bits per heavy atom. The average molecular weight is 541 g/mol. The van der Waals surface area contributed by atoms with Gasteiger partial charge < -0.3 is 14.8 Å². The van der Waals surface area contributed by atoms with Crippen LogP contribution in [0.1, 0.15) is 16.7 Å². The summed E-state index contributed by atoms with van der Waals surface area (Å²) in [5, 5.41) is 1.76. The fourth-order valence-electron chi connectivity index (χ4n) is 3.44. The van der Waals surface area contributed by atoms with Gasteiger partial charge in [-0.15, -0.1) is 0 Å². The van der Waals surface area contributed by atoms with Crippen molar-refractivity contribution >= 4 is 52.2 Å². The monoisotopic (exact) mass is 540 g/mol. The number of thioether (sulfide) groups is 1. The van der Waals surface area contributed by atoms with E-state index in [9.17, 15) is 18.8 Å². The number of imide groups is 1. The number of benzene rings is 3. The van der Waals surface area contributed by atoms with Gasteiger partial charge in [-0.05, 0) is 66.2 Å². The van der Waals surface area contributed by atoms with Crippen LogP contribution in [0.4, 0.5) is 14.9 Å². The first-order valence-corrected chi connectivity index (χ1v) is 12.3. The van der Waals surface area contributed by atoms with E-state index in [2.05, 4.69) is 5.32 Å². The number of rotatable bonds is 8. The van der Waals surface area contributed by atoms with Gasteiger partial charge in [0.15, 0.2) is 11.5 Å². The maximum Gasteiger partial charge on any atom is 0.294 e. The van der Waals surface area contributed by atoms with E-state index in [1.807, 2.05) is 31.2 Å². The number of carbonyl (C=O) groups excluding carboxylic acids is 3. The van der Waals surface area contributed by atoms with E-state index < -0.39 is 29.4 Å². The molecule has 0 spiro atoms. The largest absolute Gasteiger partial charge is 0.493 e. The van der Waals surface area contributed by atoms with E-state index >= 15 is 0 Å². The number of anilines is 1. The number of nitrogens with zero attached hydrogens (tertiary/aromatic N) is 1. The van der Waals surface area contributed by atoms with E-state index in [4.69, 9.17) is 21.1 Å². The maximum absolute atomic E-state index is 13.3. The number of methoxy groups -OCH3 is 1. The zero-order valence-corrected chi connectivity index (χ0v) is 21.5. The van der Waals surface area contributed by atoms with Gasteiger partial charge in [-0.2, -0.15) is 0 Å². The quantitative estimate of drug-likeness (QED) is 0.350. The van der Waals surface area contributed by atoms with Crippen molar-refractivity contribution in [1.82, 2.24) is 4.90 Å². The molecule has 1 saturated heterocycles. The minimum Gasteiger partial charge on any atom is -0.493 e. The fourth-order valence-corrected chi connectivity index (χ4v) is 4.46. The zero-order valence-electron chi connectivity index (χ0n) is 19.9. The van der Waals surface area contributed by atoms with Gasteiger partial charge in [-0.3, -0.25) is 19.3 Å². The lowest BCUT2D eigenvalue weighted by Gasteiger charge is -2.13. The summed E-state index contributed by atoms with van der Waals surface area (Å²) in [5.74, 6) is -0.842.